The van der Waals surface area contributed by atoms with Gasteiger partial charge in [0.25, 0.3) is 0 Å². The Kier molecular flexibility index (Phi) is 7.14. The van der Waals surface area contributed by atoms with Crippen molar-refractivity contribution in [2.24, 2.45) is 0 Å². The number of hydrogen-bond acceptors (Lipinski definition) is 3. The van der Waals surface area contributed by atoms with Gasteiger partial charge in [0.2, 0.25) is 0 Å². The molecule has 0 unspecified atom stereocenters. The number of hydrogen-bond donors (Lipinski definition) is 0. The third kappa shape index (κ3) is 5.28. The number of anilines is 3. The van der Waals surface area contributed by atoms with Gasteiger partial charge in [-0.05, 0) is 75.8 Å². The van der Waals surface area contributed by atoms with E-state index >= 15 is 0 Å². The minimum atomic E-state index is 0.889. The largest absolute Gasteiger partial charge is 0.311 e. The van der Waals surface area contributed by atoms with Crippen molar-refractivity contribution in [3.63, 3.8) is 0 Å². The quantitative estimate of drug-likeness (QED) is 0.172. The highest BCUT2D eigenvalue weighted by Crippen LogP contribution is 2.38. The van der Waals surface area contributed by atoms with Crippen molar-refractivity contribution in [2.45, 2.75) is 0 Å². The van der Waals surface area contributed by atoms with Crippen molar-refractivity contribution < 1.29 is 0 Å². The molecular weight excluding hydrogens is 595 g/mol. The normalized spacial score (nSPS) is 11.3. The molecule has 1 heterocycles. The van der Waals surface area contributed by atoms with Gasteiger partial charge in [0.15, 0.2) is 0 Å². The van der Waals surface area contributed by atoms with Gasteiger partial charge in [-0.1, -0.05) is 140 Å². The number of aromatic nitrogens is 2. The minimum Gasteiger partial charge on any atom is -0.311 e. The zero-order valence-electron chi connectivity index (χ0n) is 26.7. The number of rotatable bonds is 6. The first-order valence-corrected chi connectivity index (χ1v) is 16.6. The van der Waals surface area contributed by atoms with Crippen LogP contribution in [0.1, 0.15) is 0 Å². The zero-order valence-corrected chi connectivity index (χ0v) is 26.7. The zero-order chi connectivity index (χ0) is 32.6. The second-order valence-electron chi connectivity index (χ2n) is 12.2. The summed E-state index contributed by atoms with van der Waals surface area (Å²) in [4.78, 5) is 12.9. The van der Waals surface area contributed by atoms with E-state index in [4.69, 9.17) is 9.97 Å². The van der Waals surface area contributed by atoms with Crippen molar-refractivity contribution in [3.05, 3.63) is 188 Å². The molecule has 0 aliphatic heterocycles. The summed E-state index contributed by atoms with van der Waals surface area (Å²) in [6, 6.07) is 66.1. The van der Waals surface area contributed by atoms with E-state index in [0.717, 1.165) is 61.4 Å². The lowest BCUT2D eigenvalue weighted by atomic mass is 9.96. The molecule has 9 aromatic rings. The van der Waals surface area contributed by atoms with Crippen LogP contribution in [-0.2, 0) is 0 Å². The molecule has 0 radical (unpaired) electrons. The molecule has 0 amide bonds. The maximum atomic E-state index is 5.39. The van der Waals surface area contributed by atoms with E-state index in [1.807, 2.05) is 12.1 Å². The van der Waals surface area contributed by atoms with Gasteiger partial charge >= 0.3 is 0 Å². The molecule has 8 aromatic carbocycles. The second kappa shape index (κ2) is 12.2. The Morgan fingerprint density at radius 2 is 0.837 bits per heavy atom. The summed E-state index contributed by atoms with van der Waals surface area (Å²) in [5.41, 5.74) is 11.4. The van der Waals surface area contributed by atoms with E-state index < -0.39 is 0 Å². The molecule has 0 aliphatic carbocycles. The van der Waals surface area contributed by atoms with Crippen LogP contribution in [-0.4, -0.2) is 9.97 Å². The predicted molar refractivity (Wildman–Crippen MR) is 206 cm³/mol. The van der Waals surface area contributed by atoms with Gasteiger partial charge in [0.1, 0.15) is 0 Å². The Labute approximate surface area is 285 Å². The van der Waals surface area contributed by atoms with E-state index in [2.05, 4.69) is 181 Å². The second-order valence-corrected chi connectivity index (χ2v) is 12.2. The summed E-state index contributed by atoms with van der Waals surface area (Å²) in [6.45, 7) is 0. The number of fused-ring (bicyclic) bond motifs is 5. The first-order valence-electron chi connectivity index (χ1n) is 16.6. The smallest absolute Gasteiger partial charge is 0.0979 e. The Hall–Kier alpha value is -6.58. The molecule has 0 saturated carbocycles. The molecular formula is C46H31N3. The van der Waals surface area contributed by atoms with Crippen molar-refractivity contribution >= 4 is 49.6 Å². The van der Waals surface area contributed by atoms with Crippen LogP contribution in [0.15, 0.2) is 188 Å². The van der Waals surface area contributed by atoms with E-state index in [1.54, 1.807) is 0 Å². The average Bonchev–Trinajstić information content (AvgIpc) is 3.19. The molecule has 3 nitrogen and oxygen atoms in total. The highest BCUT2D eigenvalue weighted by atomic mass is 15.1. The molecule has 0 atom stereocenters. The van der Waals surface area contributed by atoms with Gasteiger partial charge in [-0.3, -0.25) is 0 Å². The number of para-hydroxylation sites is 2. The average molecular weight is 626 g/mol. The maximum Gasteiger partial charge on any atom is 0.0979 e. The van der Waals surface area contributed by atoms with E-state index in [1.165, 1.54) is 21.9 Å². The van der Waals surface area contributed by atoms with Crippen molar-refractivity contribution in [1.82, 2.24) is 9.97 Å². The summed E-state index contributed by atoms with van der Waals surface area (Å²) in [7, 11) is 0. The van der Waals surface area contributed by atoms with Crippen molar-refractivity contribution in [2.75, 3.05) is 4.90 Å². The molecule has 0 fully saturated rings. The van der Waals surface area contributed by atoms with Crippen LogP contribution in [0.5, 0.6) is 0 Å². The van der Waals surface area contributed by atoms with E-state index in [0.29, 0.717) is 0 Å². The van der Waals surface area contributed by atoms with Crippen LogP contribution >= 0.6 is 0 Å². The van der Waals surface area contributed by atoms with Gasteiger partial charge in [-0.25, -0.2) is 9.97 Å². The molecule has 0 saturated heterocycles. The van der Waals surface area contributed by atoms with Crippen LogP contribution in [0.4, 0.5) is 17.1 Å². The van der Waals surface area contributed by atoms with Gasteiger partial charge in [-0.2, -0.15) is 0 Å². The van der Waals surface area contributed by atoms with Gasteiger partial charge in [0, 0.05) is 33.6 Å². The van der Waals surface area contributed by atoms with Crippen LogP contribution in [0.2, 0.25) is 0 Å². The van der Waals surface area contributed by atoms with Crippen LogP contribution in [0.25, 0.3) is 66.2 Å². The Morgan fingerprint density at radius 3 is 1.45 bits per heavy atom. The summed E-state index contributed by atoms with van der Waals surface area (Å²) >= 11 is 0. The highest BCUT2D eigenvalue weighted by Gasteiger charge is 2.17. The minimum absolute atomic E-state index is 0.889. The van der Waals surface area contributed by atoms with Crippen LogP contribution in [0.3, 0.4) is 0 Å². The van der Waals surface area contributed by atoms with E-state index in [-0.39, 0.29) is 0 Å². The number of nitrogens with zero attached hydrogens (tertiary/aromatic N) is 3. The van der Waals surface area contributed by atoms with Gasteiger partial charge in [0.05, 0.1) is 22.4 Å². The lowest BCUT2D eigenvalue weighted by molar-refractivity contribution is 1.28. The first kappa shape index (κ1) is 28.6. The summed E-state index contributed by atoms with van der Waals surface area (Å²) in [6.07, 6.45) is 0. The first-order chi connectivity index (χ1) is 24.3. The predicted octanol–water partition coefficient (Wildman–Crippen LogP) is 12.4. The molecule has 3 heteroatoms. The fourth-order valence-corrected chi connectivity index (χ4v) is 6.85. The third-order valence-corrected chi connectivity index (χ3v) is 9.21. The standard InChI is InChI=1S/C46H31N3/c1-5-13-34(14-6-1)44-45(35-15-7-2-8-16-35)48-46-42(47-44)30-26-33-21-22-37-31-36(25-29-41(37)43(33)46)32-23-27-40(28-24-32)49(38-17-9-3-10-18-38)39-19-11-4-12-20-39/h1-31H. The Balaban J connectivity index is 1.16. The molecule has 0 spiro atoms. The fourth-order valence-electron chi connectivity index (χ4n) is 6.85. The van der Waals surface area contributed by atoms with Crippen LogP contribution in [0, 0.1) is 0 Å². The topological polar surface area (TPSA) is 29.0 Å². The van der Waals surface area contributed by atoms with Crippen LogP contribution < -0.4 is 4.90 Å². The van der Waals surface area contributed by atoms with Crippen molar-refractivity contribution in [3.8, 4) is 33.6 Å². The summed E-state index contributed by atoms with van der Waals surface area (Å²) < 4.78 is 0. The molecule has 0 N–H and O–H groups in total. The molecule has 49 heavy (non-hydrogen) atoms. The molecule has 0 bridgehead atoms. The lowest BCUT2D eigenvalue weighted by Crippen LogP contribution is -2.09. The monoisotopic (exact) mass is 625 g/mol. The molecule has 230 valence electrons. The number of benzene rings is 8. The third-order valence-electron chi connectivity index (χ3n) is 9.21. The Morgan fingerprint density at radius 1 is 0.347 bits per heavy atom. The fraction of sp³-hybridized carbons (Fsp3) is 0. The lowest BCUT2D eigenvalue weighted by Gasteiger charge is -2.25. The Bertz CT molecular complexity index is 2530. The summed E-state index contributed by atoms with van der Waals surface area (Å²) in [5, 5.41) is 4.62. The van der Waals surface area contributed by atoms with Gasteiger partial charge < -0.3 is 4.90 Å². The molecule has 9 rings (SSSR count). The maximum absolute atomic E-state index is 5.39. The van der Waals surface area contributed by atoms with E-state index in [9.17, 15) is 0 Å². The summed E-state index contributed by atoms with van der Waals surface area (Å²) in [5.74, 6) is 0. The SMILES string of the molecule is c1ccc(-c2nc3ccc4ccc5cc(-c6ccc(N(c7ccccc7)c7ccccc7)cc6)ccc5c4c3nc2-c2ccccc2)cc1. The molecule has 1 aromatic heterocycles. The highest BCUT2D eigenvalue weighted by molar-refractivity contribution is 6.19. The van der Waals surface area contributed by atoms with Crippen molar-refractivity contribution in [1.29, 1.82) is 0 Å². The molecule has 0 aliphatic rings. The van der Waals surface area contributed by atoms with Gasteiger partial charge in [-0.15, -0.1) is 0 Å².